The molecule has 0 fully saturated rings. The summed E-state index contributed by atoms with van der Waals surface area (Å²) < 4.78 is 5.10. The van der Waals surface area contributed by atoms with Crippen molar-refractivity contribution < 1.29 is 14.5 Å². The number of nitrogens with zero attached hydrogens (tertiary/aromatic N) is 1. The Morgan fingerprint density at radius 3 is 2.58 bits per heavy atom. The van der Waals surface area contributed by atoms with E-state index < -0.39 is 4.92 Å². The Morgan fingerprint density at radius 1 is 1.25 bits per heavy atom. The smallest absolute Gasteiger partial charge is 0.273 e. The zero-order valence-corrected chi connectivity index (χ0v) is 13.6. The van der Waals surface area contributed by atoms with Gasteiger partial charge in [-0.15, -0.1) is 0 Å². The monoisotopic (exact) mass is 345 g/mol. The molecule has 0 spiro atoms. The zero-order chi connectivity index (χ0) is 17.5. The van der Waals surface area contributed by atoms with E-state index in [9.17, 15) is 14.9 Å². The molecule has 0 radical (unpaired) electrons. The van der Waals surface area contributed by atoms with Crippen molar-refractivity contribution in [1.29, 1.82) is 0 Å². The number of carbonyl (C=O) groups is 1. The molecule has 2 rings (SSSR count). The van der Waals surface area contributed by atoms with E-state index in [4.69, 9.17) is 17.0 Å². The fourth-order valence-corrected chi connectivity index (χ4v) is 2.23. The first-order valence-corrected chi connectivity index (χ1v) is 7.37. The van der Waals surface area contributed by atoms with Gasteiger partial charge in [0.05, 0.1) is 30.2 Å². The quantitative estimate of drug-likeness (QED) is 0.492. The predicted molar refractivity (Wildman–Crippen MR) is 94.2 cm³/mol. The van der Waals surface area contributed by atoms with Gasteiger partial charge in [-0.2, -0.15) is 0 Å². The maximum atomic E-state index is 12.0. The summed E-state index contributed by atoms with van der Waals surface area (Å²) in [6.45, 7) is 0. The Balaban J connectivity index is 1.99. The summed E-state index contributed by atoms with van der Waals surface area (Å²) in [6.07, 6.45) is 0.195. The summed E-state index contributed by atoms with van der Waals surface area (Å²) in [5.41, 5.74) is 1.19. The predicted octanol–water partition coefficient (Wildman–Crippen LogP) is 2.66. The third-order valence-electron chi connectivity index (χ3n) is 3.10. The Labute approximate surface area is 143 Å². The Morgan fingerprint density at radius 2 is 1.96 bits per heavy atom. The number of thiocarbonyl (C=S) groups is 1. The summed E-state index contributed by atoms with van der Waals surface area (Å²) in [5, 5.41) is 16.2. The Bertz CT molecular complexity index is 765. The van der Waals surface area contributed by atoms with Gasteiger partial charge in [-0.3, -0.25) is 14.9 Å². The summed E-state index contributed by atoms with van der Waals surface area (Å²) >= 11 is 5.09. The Hall–Kier alpha value is -3.00. The molecule has 7 nitrogen and oxygen atoms in total. The van der Waals surface area contributed by atoms with Crippen LogP contribution in [0.5, 0.6) is 5.75 Å². The van der Waals surface area contributed by atoms with Crippen LogP contribution in [-0.4, -0.2) is 23.1 Å². The van der Waals surface area contributed by atoms with Gasteiger partial charge in [-0.05, 0) is 23.8 Å². The van der Waals surface area contributed by atoms with Crippen LogP contribution in [0.25, 0.3) is 0 Å². The number of hydrogen-bond acceptors (Lipinski definition) is 5. The first kappa shape index (κ1) is 17.4. The van der Waals surface area contributed by atoms with Crippen molar-refractivity contribution in [2.75, 3.05) is 12.4 Å². The third kappa shape index (κ3) is 4.75. The Kier molecular flexibility index (Phi) is 5.80. The average Bonchev–Trinajstić information content (AvgIpc) is 2.55. The van der Waals surface area contributed by atoms with Crippen LogP contribution in [0.3, 0.4) is 0 Å². The second kappa shape index (κ2) is 8.02. The molecule has 0 saturated carbocycles. The number of anilines is 1. The molecule has 124 valence electrons. The number of hydrogen-bond donors (Lipinski definition) is 2. The maximum Gasteiger partial charge on any atom is 0.273 e. The SMILES string of the molecule is COc1cc([N+](=O)[O-])ccc1NC(=S)NC(=O)Cc1ccccc1. The largest absolute Gasteiger partial charge is 0.494 e. The molecule has 0 aromatic heterocycles. The molecule has 0 unspecified atom stereocenters. The first-order valence-electron chi connectivity index (χ1n) is 6.97. The second-order valence-corrected chi connectivity index (χ2v) is 5.21. The van der Waals surface area contributed by atoms with E-state index in [-0.39, 0.29) is 28.9 Å². The van der Waals surface area contributed by atoms with Crippen LogP contribution in [-0.2, 0) is 11.2 Å². The fraction of sp³-hybridized carbons (Fsp3) is 0.125. The van der Waals surface area contributed by atoms with Crippen LogP contribution in [0, 0.1) is 10.1 Å². The van der Waals surface area contributed by atoms with Gasteiger partial charge in [0.15, 0.2) is 5.11 Å². The van der Waals surface area contributed by atoms with E-state index in [1.54, 1.807) is 0 Å². The lowest BCUT2D eigenvalue weighted by Crippen LogP contribution is -2.35. The topological polar surface area (TPSA) is 93.5 Å². The van der Waals surface area contributed by atoms with Gasteiger partial charge in [0.1, 0.15) is 5.75 Å². The van der Waals surface area contributed by atoms with Crippen molar-refractivity contribution in [3.8, 4) is 5.75 Å². The van der Waals surface area contributed by atoms with Crippen LogP contribution < -0.4 is 15.4 Å². The highest BCUT2D eigenvalue weighted by atomic mass is 32.1. The number of ether oxygens (including phenoxy) is 1. The van der Waals surface area contributed by atoms with Crippen LogP contribution in [0.4, 0.5) is 11.4 Å². The summed E-state index contributed by atoms with van der Waals surface area (Å²) in [4.78, 5) is 22.2. The molecule has 0 aliphatic heterocycles. The molecular formula is C16H15N3O4S. The second-order valence-electron chi connectivity index (χ2n) is 4.81. The van der Waals surface area contributed by atoms with Crippen LogP contribution in [0.2, 0.25) is 0 Å². The lowest BCUT2D eigenvalue weighted by atomic mass is 10.1. The summed E-state index contributed by atoms with van der Waals surface area (Å²) in [6, 6.07) is 13.3. The highest BCUT2D eigenvalue weighted by Gasteiger charge is 2.13. The zero-order valence-electron chi connectivity index (χ0n) is 12.8. The standard InChI is InChI=1S/C16H15N3O4S/c1-23-14-10-12(19(21)22)7-8-13(14)17-16(24)18-15(20)9-11-5-3-2-4-6-11/h2-8,10H,9H2,1H3,(H2,17,18,20,24). The number of nitro benzene ring substituents is 1. The molecule has 0 atom stereocenters. The molecule has 0 aliphatic carbocycles. The fourth-order valence-electron chi connectivity index (χ4n) is 2.00. The van der Waals surface area contributed by atoms with E-state index in [2.05, 4.69) is 10.6 Å². The molecule has 2 N–H and O–H groups in total. The molecule has 0 saturated heterocycles. The van der Waals surface area contributed by atoms with Gasteiger partial charge in [0.25, 0.3) is 5.69 Å². The van der Waals surface area contributed by atoms with Crippen molar-refractivity contribution in [1.82, 2.24) is 5.32 Å². The van der Waals surface area contributed by atoms with Gasteiger partial charge in [0.2, 0.25) is 5.91 Å². The third-order valence-corrected chi connectivity index (χ3v) is 3.31. The van der Waals surface area contributed by atoms with Crippen molar-refractivity contribution in [2.45, 2.75) is 6.42 Å². The van der Waals surface area contributed by atoms with E-state index in [0.717, 1.165) is 5.56 Å². The summed E-state index contributed by atoms with van der Waals surface area (Å²) in [7, 11) is 1.39. The average molecular weight is 345 g/mol. The number of nitrogens with one attached hydrogen (secondary N) is 2. The van der Waals surface area contributed by atoms with Crippen molar-refractivity contribution in [3.63, 3.8) is 0 Å². The van der Waals surface area contributed by atoms with Crippen LogP contribution in [0.15, 0.2) is 48.5 Å². The van der Waals surface area contributed by atoms with Crippen molar-refractivity contribution >= 4 is 34.6 Å². The minimum atomic E-state index is -0.522. The van der Waals surface area contributed by atoms with E-state index in [1.807, 2.05) is 30.3 Å². The van der Waals surface area contributed by atoms with E-state index in [0.29, 0.717) is 5.69 Å². The number of carbonyl (C=O) groups excluding carboxylic acids is 1. The molecule has 8 heteroatoms. The molecule has 2 aromatic carbocycles. The van der Waals surface area contributed by atoms with Gasteiger partial charge < -0.3 is 15.4 Å². The molecule has 0 bridgehead atoms. The minimum absolute atomic E-state index is 0.0862. The summed E-state index contributed by atoms with van der Waals surface area (Å²) in [5.74, 6) is -0.0107. The highest BCUT2D eigenvalue weighted by molar-refractivity contribution is 7.80. The first-order chi connectivity index (χ1) is 11.5. The van der Waals surface area contributed by atoms with E-state index in [1.165, 1.54) is 25.3 Å². The van der Waals surface area contributed by atoms with E-state index >= 15 is 0 Å². The number of methoxy groups -OCH3 is 1. The van der Waals surface area contributed by atoms with Gasteiger partial charge in [0, 0.05) is 6.07 Å². The minimum Gasteiger partial charge on any atom is -0.494 e. The number of nitro groups is 1. The lowest BCUT2D eigenvalue weighted by Gasteiger charge is -2.12. The van der Waals surface area contributed by atoms with Crippen LogP contribution in [0.1, 0.15) is 5.56 Å². The highest BCUT2D eigenvalue weighted by Crippen LogP contribution is 2.28. The van der Waals surface area contributed by atoms with Gasteiger partial charge in [-0.1, -0.05) is 30.3 Å². The molecule has 0 heterocycles. The molecule has 24 heavy (non-hydrogen) atoms. The molecule has 1 amide bonds. The lowest BCUT2D eigenvalue weighted by molar-refractivity contribution is -0.384. The molecule has 2 aromatic rings. The normalized spacial score (nSPS) is 9.88. The van der Waals surface area contributed by atoms with Crippen molar-refractivity contribution in [2.24, 2.45) is 0 Å². The molecular weight excluding hydrogens is 330 g/mol. The maximum absolute atomic E-state index is 12.0. The van der Waals surface area contributed by atoms with Crippen LogP contribution >= 0.6 is 12.2 Å². The molecule has 0 aliphatic rings. The van der Waals surface area contributed by atoms with Gasteiger partial charge in [-0.25, -0.2) is 0 Å². The van der Waals surface area contributed by atoms with Gasteiger partial charge >= 0.3 is 0 Å². The number of non-ortho nitro benzene ring substituents is 1. The van der Waals surface area contributed by atoms with Crippen molar-refractivity contribution in [3.05, 3.63) is 64.2 Å². The number of rotatable bonds is 5. The number of amides is 1. The number of benzene rings is 2.